The Morgan fingerprint density at radius 1 is 1.27 bits per heavy atom. The van der Waals surface area contributed by atoms with Crippen LogP contribution in [0.3, 0.4) is 0 Å². The van der Waals surface area contributed by atoms with Crippen LogP contribution in [0.15, 0.2) is 24.3 Å². The maximum absolute atomic E-state index is 11.9. The first-order chi connectivity index (χ1) is 10.6. The summed E-state index contributed by atoms with van der Waals surface area (Å²) >= 11 is 0. The fraction of sp³-hybridized carbons (Fsp3) is 0.611. The van der Waals surface area contributed by atoms with Crippen LogP contribution >= 0.6 is 0 Å². The summed E-state index contributed by atoms with van der Waals surface area (Å²) in [6.07, 6.45) is 2.78. The summed E-state index contributed by atoms with van der Waals surface area (Å²) in [4.78, 5) is 11.9. The molecule has 1 aromatic rings. The average molecular weight is 308 g/mol. The molecular formula is C18H32N2O2. The van der Waals surface area contributed by atoms with E-state index in [1.807, 2.05) is 46.8 Å². The monoisotopic (exact) mass is 308 g/mol. The number of carbonyl (C=O) groups excluding carboxylic acids is 1. The van der Waals surface area contributed by atoms with Gasteiger partial charge < -0.3 is 15.7 Å². The summed E-state index contributed by atoms with van der Waals surface area (Å²) in [6, 6.07) is 7.18. The number of phenolic OH excluding ortho intramolecular Hbond substituents is 1. The van der Waals surface area contributed by atoms with Gasteiger partial charge in [0.25, 0.3) is 0 Å². The highest BCUT2D eigenvalue weighted by molar-refractivity contribution is 5.82. The maximum Gasteiger partial charge on any atom is 0.237 e. The molecule has 4 nitrogen and oxygen atoms in total. The van der Waals surface area contributed by atoms with Crippen molar-refractivity contribution in [3.8, 4) is 5.75 Å². The Hall–Kier alpha value is -1.55. The van der Waals surface area contributed by atoms with E-state index in [9.17, 15) is 9.90 Å². The van der Waals surface area contributed by atoms with Crippen molar-refractivity contribution in [1.29, 1.82) is 0 Å². The van der Waals surface area contributed by atoms with Gasteiger partial charge in [0.15, 0.2) is 0 Å². The van der Waals surface area contributed by atoms with E-state index in [4.69, 9.17) is 0 Å². The van der Waals surface area contributed by atoms with Gasteiger partial charge in [-0.3, -0.25) is 4.79 Å². The highest BCUT2D eigenvalue weighted by Gasteiger charge is 2.22. The SMILES string of the molecule is CC.CC.CC(Cc1ccc(O)cc1)NC(=O)C1CCCN1. The van der Waals surface area contributed by atoms with Crippen molar-refractivity contribution in [3.63, 3.8) is 0 Å². The van der Waals surface area contributed by atoms with Crippen molar-refractivity contribution in [2.75, 3.05) is 6.54 Å². The highest BCUT2D eigenvalue weighted by Crippen LogP contribution is 2.11. The van der Waals surface area contributed by atoms with E-state index in [1.165, 1.54) is 0 Å². The first kappa shape index (κ1) is 20.5. The summed E-state index contributed by atoms with van der Waals surface area (Å²) in [5.41, 5.74) is 1.11. The minimum atomic E-state index is -0.0210. The number of benzene rings is 1. The molecule has 0 saturated carbocycles. The summed E-state index contributed by atoms with van der Waals surface area (Å²) in [5, 5.41) is 15.4. The van der Waals surface area contributed by atoms with Crippen LogP contribution < -0.4 is 10.6 Å². The van der Waals surface area contributed by atoms with Crippen LogP contribution in [-0.2, 0) is 11.2 Å². The van der Waals surface area contributed by atoms with Crippen molar-refractivity contribution in [2.24, 2.45) is 0 Å². The molecule has 1 aliphatic rings. The maximum atomic E-state index is 11.9. The third-order valence-electron chi connectivity index (χ3n) is 3.24. The molecule has 0 spiro atoms. The normalized spacial score (nSPS) is 17.4. The van der Waals surface area contributed by atoms with Crippen molar-refractivity contribution in [1.82, 2.24) is 10.6 Å². The summed E-state index contributed by atoms with van der Waals surface area (Å²) < 4.78 is 0. The summed E-state index contributed by atoms with van der Waals surface area (Å²) in [6.45, 7) is 10.9. The fourth-order valence-corrected chi connectivity index (χ4v) is 2.29. The third-order valence-corrected chi connectivity index (χ3v) is 3.24. The van der Waals surface area contributed by atoms with Gasteiger partial charge in [-0.15, -0.1) is 0 Å². The van der Waals surface area contributed by atoms with Crippen LogP contribution in [0.5, 0.6) is 5.75 Å². The van der Waals surface area contributed by atoms with E-state index in [1.54, 1.807) is 12.1 Å². The number of aromatic hydroxyl groups is 1. The van der Waals surface area contributed by atoms with Crippen molar-refractivity contribution in [2.45, 2.75) is 66.0 Å². The van der Waals surface area contributed by atoms with E-state index in [0.717, 1.165) is 31.4 Å². The minimum absolute atomic E-state index is 0.0210. The van der Waals surface area contributed by atoms with E-state index < -0.39 is 0 Å². The topological polar surface area (TPSA) is 61.4 Å². The molecule has 2 rings (SSSR count). The second-order valence-electron chi connectivity index (χ2n) is 4.93. The van der Waals surface area contributed by atoms with Gasteiger partial charge in [0.1, 0.15) is 5.75 Å². The lowest BCUT2D eigenvalue weighted by molar-refractivity contribution is -0.123. The molecule has 1 aliphatic heterocycles. The first-order valence-corrected chi connectivity index (χ1v) is 8.47. The number of hydrogen-bond acceptors (Lipinski definition) is 3. The molecule has 22 heavy (non-hydrogen) atoms. The van der Waals surface area contributed by atoms with Crippen LogP contribution in [0, 0.1) is 0 Å². The zero-order valence-electron chi connectivity index (χ0n) is 14.6. The number of amides is 1. The number of hydrogen-bond donors (Lipinski definition) is 3. The van der Waals surface area contributed by atoms with Gasteiger partial charge >= 0.3 is 0 Å². The van der Waals surface area contributed by atoms with Crippen LogP contribution in [0.4, 0.5) is 0 Å². The van der Waals surface area contributed by atoms with Crippen molar-refractivity contribution in [3.05, 3.63) is 29.8 Å². The molecule has 1 amide bonds. The predicted octanol–water partition coefficient (Wildman–Crippen LogP) is 3.24. The lowest BCUT2D eigenvalue weighted by atomic mass is 10.1. The Kier molecular flexibility index (Phi) is 11.2. The van der Waals surface area contributed by atoms with Gasteiger partial charge in [0.05, 0.1) is 6.04 Å². The Morgan fingerprint density at radius 3 is 2.36 bits per heavy atom. The van der Waals surface area contributed by atoms with E-state index in [2.05, 4.69) is 10.6 Å². The molecule has 1 fully saturated rings. The Morgan fingerprint density at radius 2 is 1.86 bits per heavy atom. The lowest BCUT2D eigenvalue weighted by Crippen LogP contribution is -2.44. The van der Waals surface area contributed by atoms with Gasteiger partial charge in [0.2, 0.25) is 5.91 Å². The van der Waals surface area contributed by atoms with Crippen molar-refractivity contribution >= 4 is 5.91 Å². The molecule has 2 atom stereocenters. The smallest absolute Gasteiger partial charge is 0.237 e. The molecule has 1 aromatic carbocycles. The molecule has 0 aromatic heterocycles. The van der Waals surface area contributed by atoms with E-state index in [0.29, 0.717) is 0 Å². The van der Waals surface area contributed by atoms with Crippen LogP contribution in [0.25, 0.3) is 0 Å². The molecule has 0 aliphatic carbocycles. The second-order valence-corrected chi connectivity index (χ2v) is 4.93. The molecule has 3 N–H and O–H groups in total. The Balaban J connectivity index is 0.00000102. The zero-order valence-corrected chi connectivity index (χ0v) is 14.6. The number of phenols is 1. The molecule has 2 unspecified atom stereocenters. The van der Waals surface area contributed by atoms with E-state index in [-0.39, 0.29) is 23.7 Å². The Bertz CT molecular complexity index is 398. The van der Waals surface area contributed by atoms with Gasteiger partial charge in [-0.1, -0.05) is 39.8 Å². The second kappa shape index (κ2) is 12.0. The molecule has 0 bridgehead atoms. The van der Waals surface area contributed by atoms with Crippen LogP contribution in [0.2, 0.25) is 0 Å². The molecule has 126 valence electrons. The fourth-order valence-electron chi connectivity index (χ4n) is 2.29. The van der Waals surface area contributed by atoms with Crippen molar-refractivity contribution < 1.29 is 9.90 Å². The number of rotatable bonds is 4. The van der Waals surface area contributed by atoms with Crippen LogP contribution in [-0.4, -0.2) is 29.6 Å². The number of nitrogens with one attached hydrogen (secondary N) is 2. The van der Waals surface area contributed by atoms with Gasteiger partial charge in [-0.25, -0.2) is 0 Å². The largest absolute Gasteiger partial charge is 0.508 e. The molecule has 0 radical (unpaired) electrons. The van der Waals surface area contributed by atoms with Gasteiger partial charge in [0, 0.05) is 6.04 Å². The molecular weight excluding hydrogens is 276 g/mol. The van der Waals surface area contributed by atoms with Crippen LogP contribution in [0.1, 0.15) is 53.0 Å². The van der Waals surface area contributed by atoms with E-state index >= 15 is 0 Å². The van der Waals surface area contributed by atoms with Gasteiger partial charge in [-0.05, 0) is 50.4 Å². The lowest BCUT2D eigenvalue weighted by Gasteiger charge is -2.17. The molecule has 1 heterocycles. The average Bonchev–Trinajstić information content (AvgIpc) is 3.08. The molecule has 1 saturated heterocycles. The summed E-state index contributed by atoms with van der Waals surface area (Å²) in [5.74, 6) is 0.365. The third kappa shape index (κ3) is 7.46. The zero-order chi connectivity index (χ0) is 17.0. The predicted molar refractivity (Wildman–Crippen MR) is 93.1 cm³/mol. The van der Waals surface area contributed by atoms with Gasteiger partial charge in [-0.2, -0.15) is 0 Å². The number of carbonyl (C=O) groups is 1. The minimum Gasteiger partial charge on any atom is -0.508 e. The standard InChI is InChI=1S/C14H20N2O2.2C2H6/c1-10(9-11-4-6-12(17)7-5-11)16-14(18)13-3-2-8-15-13;2*1-2/h4-7,10,13,15,17H,2-3,8-9H2,1H3,(H,16,18);2*1-2H3. The molecule has 4 heteroatoms. The summed E-state index contributed by atoms with van der Waals surface area (Å²) in [7, 11) is 0. The Labute approximate surface area is 135 Å². The highest BCUT2D eigenvalue weighted by atomic mass is 16.3. The quantitative estimate of drug-likeness (QED) is 0.800. The first-order valence-electron chi connectivity index (χ1n) is 8.47.